The second-order valence-electron chi connectivity index (χ2n) is 2.21. The van der Waals surface area contributed by atoms with Crippen LogP contribution in [0.5, 0.6) is 0 Å². The van der Waals surface area contributed by atoms with Gasteiger partial charge >= 0.3 is 0 Å². The fourth-order valence-electron chi connectivity index (χ4n) is 0.545. The Bertz CT molecular complexity index is 180. The van der Waals surface area contributed by atoms with E-state index in [2.05, 4.69) is 39.7 Å². The van der Waals surface area contributed by atoms with E-state index in [4.69, 9.17) is 0 Å². The molecule has 12 heavy (non-hydrogen) atoms. The molecule has 0 spiro atoms. The van der Waals surface area contributed by atoms with Crippen molar-refractivity contribution >= 4 is 21.8 Å². The van der Waals surface area contributed by atoms with Crippen LogP contribution in [0.1, 0.15) is 0 Å². The molecule has 2 N–H and O–H groups in total. The van der Waals surface area contributed by atoms with E-state index < -0.39 is 0 Å². The summed E-state index contributed by atoms with van der Waals surface area (Å²) in [5.41, 5.74) is 0. The minimum atomic E-state index is -0.0440. The number of nitrogens with one attached hydrogen (secondary N) is 2. The molecule has 0 aliphatic heterocycles. The zero-order valence-corrected chi connectivity index (χ0v) is 8.49. The first-order chi connectivity index (χ1) is 5.66. The third-order valence-electron chi connectivity index (χ3n) is 1.05. The first-order valence-electron chi connectivity index (χ1n) is 3.58. The molecule has 68 valence electrons. The molecule has 0 aromatic heterocycles. The van der Waals surface area contributed by atoms with Gasteiger partial charge in [-0.2, -0.15) is 0 Å². The van der Waals surface area contributed by atoms with Crippen LogP contribution in [-0.2, 0) is 4.79 Å². The van der Waals surface area contributed by atoms with Gasteiger partial charge in [0.05, 0.1) is 6.54 Å². The minimum absolute atomic E-state index is 0.0440. The number of amides is 1. The fraction of sp³-hybridized carbons (Fsp3) is 0.375. The largest absolute Gasteiger partial charge is 0.350 e. The summed E-state index contributed by atoms with van der Waals surface area (Å²) in [5.74, 6) is -0.0440. The third kappa shape index (κ3) is 7.50. The lowest BCUT2D eigenvalue weighted by Gasteiger charge is -2.03. The average Bonchev–Trinajstić information content (AvgIpc) is 2.01. The minimum Gasteiger partial charge on any atom is -0.350 e. The van der Waals surface area contributed by atoms with E-state index in [9.17, 15) is 4.79 Å². The Labute approximate surface area is 81.0 Å². The molecule has 0 fully saturated rings. The van der Waals surface area contributed by atoms with Gasteiger partial charge < -0.3 is 10.6 Å². The number of halogens is 1. The van der Waals surface area contributed by atoms with Crippen molar-refractivity contribution in [1.82, 2.24) is 10.6 Å². The average molecular weight is 233 g/mol. The summed E-state index contributed by atoms with van der Waals surface area (Å²) in [4.78, 5) is 11.0. The molecular formula is C8H13BrN2O. The van der Waals surface area contributed by atoms with Crippen molar-refractivity contribution in [2.75, 3.05) is 19.6 Å². The lowest BCUT2D eigenvalue weighted by molar-refractivity contribution is -0.120. The Hall–Kier alpha value is -0.610. The van der Waals surface area contributed by atoms with Crippen molar-refractivity contribution in [3.63, 3.8) is 0 Å². The second kappa shape index (κ2) is 7.06. The molecule has 0 rings (SSSR count). The van der Waals surface area contributed by atoms with E-state index in [0.717, 1.165) is 4.48 Å². The van der Waals surface area contributed by atoms with Gasteiger partial charge in [-0.3, -0.25) is 4.79 Å². The molecule has 4 heteroatoms. The van der Waals surface area contributed by atoms with Crippen molar-refractivity contribution in [1.29, 1.82) is 0 Å². The molecule has 3 nitrogen and oxygen atoms in total. The van der Waals surface area contributed by atoms with Gasteiger partial charge in [-0.1, -0.05) is 28.6 Å². The first-order valence-corrected chi connectivity index (χ1v) is 4.37. The van der Waals surface area contributed by atoms with E-state index in [1.54, 1.807) is 6.08 Å². The Balaban J connectivity index is 3.33. The molecule has 0 saturated heterocycles. The number of hydrogen-bond donors (Lipinski definition) is 2. The van der Waals surface area contributed by atoms with Crippen LogP contribution in [0.4, 0.5) is 0 Å². The Kier molecular flexibility index (Phi) is 6.70. The lowest BCUT2D eigenvalue weighted by atomic mass is 10.5. The quantitative estimate of drug-likeness (QED) is 0.526. The van der Waals surface area contributed by atoms with Crippen molar-refractivity contribution in [3.05, 3.63) is 23.7 Å². The predicted molar refractivity (Wildman–Crippen MR) is 54.1 cm³/mol. The number of carbonyl (C=O) groups excluding carboxylic acids is 1. The van der Waals surface area contributed by atoms with Gasteiger partial charge in [0.1, 0.15) is 0 Å². The second-order valence-corrected chi connectivity index (χ2v) is 3.34. The molecule has 0 radical (unpaired) electrons. The first kappa shape index (κ1) is 11.4. The van der Waals surface area contributed by atoms with Crippen molar-refractivity contribution in [2.24, 2.45) is 0 Å². The maximum absolute atomic E-state index is 11.0. The summed E-state index contributed by atoms with van der Waals surface area (Å²) in [7, 11) is 0. The van der Waals surface area contributed by atoms with E-state index in [0.29, 0.717) is 19.6 Å². The molecule has 0 aliphatic carbocycles. The molecule has 0 aliphatic rings. The predicted octanol–water partition coefficient (Wildman–Crippen LogP) is 0.787. The smallest absolute Gasteiger partial charge is 0.234 e. The van der Waals surface area contributed by atoms with E-state index in [1.807, 2.05) is 0 Å². The van der Waals surface area contributed by atoms with Crippen LogP contribution in [0.25, 0.3) is 0 Å². The Morgan fingerprint density at radius 3 is 2.67 bits per heavy atom. The molecule has 0 bridgehead atoms. The zero-order valence-electron chi connectivity index (χ0n) is 6.90. The zero-order chi connectivity index (χ0) is 9.40. The van der Waals surface area contributed by atoms with Crippen LogP contribution < -0.4 is 10.6 Å². The van der Waals surface area contributed by atoms with Crippen LogP contribution in [-0.4, -0.2) is 25.5 Å². The van der Waals surface area contributed by atoms with E-state index in [1.165, 1.54) is 0 Å². The van der Waals surface area contributed by atoms with Crippen LogP contribution >= 0.6 is 15.9 Å². The number of rotatable bonds is 6. The fourth-order valence-corrected chi connectivity index (χ4v) is 0.685. The van der Waals surface area contributed by atoms with Crippen molar-refractivity contribution in [2.45, 2.75) is 0 Å². The SMILES string of the molecule is C=CCNCC(=O)NCC(=C)Br. The highest BCUT2D eigenvalue weighted by molar-refractivity contribution is 9.11. The van der Waals surface area contributed by atoms with Gasteiger partial charge in [0.2, 0.25) is 5.91 Å². The van der Waals surface area contributed by atoms with Gasteiger partial charge in [0.25, 0.3) is 0 Å². The number of hydrogen-bond acceptors (Lipinski definition) is 2. The summed E-state index contributed by atoms with van der Waals surface area (Å²) >= 11 is 3.14. The monoisotopic (exact) mass is 232 g/mol. The summed E-state index contributed by atoms with van der Waals surface area (Å²) < 4.78 is 0.763. The third-order valence-corrected chi connectivity index (χ3v) is 1.33. The Morgan fingerprint density at radius 1 is 1.50 bits per heavy atom. The van der Waals surface area contributed by atoms with E-state index >= 15 is 0 Å². The molecule has 0 saturated carbocycles. The van der Waals surface area contributed by atoms with Gasteiger partial charge in [0.15, 0.2) is 0 Å². The summed E-state index contributed by atoms with van der Waals surface area (Å²) in [6, 6.07) is 0. The van der Waals surface area contributed by atoms with Crippen molar-refractivity contribution in [3.8, 4) is 0 Å². The van der Waals surface area contributed by atoms with Crippen LogP contribution in [0.15, 0.2) is 23.7 Å². The summed E-state index contributed by atoms with van der Waals surface area (Å²) in [5, 5.41) is 5.54. The standard InChI is InChI=1S/C8H13BrN2O/c1-3-4-10-6-8(12)11-5-7(2)9/h3,10H,1-2,4-6H2,(H,11,12). The summed E-state index contributed by atoms with van der Waals surface area (Å²) in [6.07, 6.45) is 1.71. The van der Waals surface area contributed by atoms with Crippen LogP contribution in [0.3, 0.4) is 0 Å². The molecule has 0 unspecified atom stereocenters. The van der Waals surface area contributed by atoms with Crippen LogP contribution in [0, 0.1) is 0 Å². The molecule has 0 aromatic carbocycles. The highest BCUT2D eigenvalue weighted by Crippen LogP contribution is 1.95. The molecular weight excluding hydrogens is 220 g/mol. The Morgan fingerprint density at radius 2 is 2.17 bits per heavy atom. The molecule has 0 aromatic rings. The summed E-state index contributed by atoms with van der Waals surface area (Å²) in [6.45, 7) is 8.53. The molecule has 0 atom stereocenters. The lowest BCUT2D eigenvalue weighted by Crippen LogP contribution is -2.34. The van der Waals surface area contributed by atoms with Gasteiger partial charge in [-0.25, -0.2) is 0 Å². The van der Waals surface area contributed by atoms with Crippen LogP contribution in [0.2, 0.25) is 0 Å². The van der Waals surface area contributed by atoms with E-state index in [-0.39, 0.29) is 5.91 Å². The maximum atomic E-state index is 11.0. The molecule has 1 amide bonds. The van der Waals surface area contributed by atoms with Gasteiger partial charge in [-0.15, -0.1) is 6.58 Å². The highest BCUT2D eigenvalue weighted by atomic mass is 79.9. The number of carbonyl (C=O) groups is 1. The molecule has 0 heterocycles. The maximum Gasteiger partial charge on any atom is 0.234 e. The highest BCUT2D eigenvalue weighted by Gasteiger charge is 1.97. The normalized spacial score (nSPS) is 9.08. The van der Waals surface area contributed by atoms with Gasteiger partial charge in [0, 0.05) is 17.6 Å². The van der Waals surface area contributed by atoms with Gasteiger partial charge in [-0.05, 0) is 0 Å². The topological polar surface area (TPSA) is 41.1 Å². The van der Waals surface area contributed by atoms with Crippen molar-refractivity contribution < 1.29 is 4.79 Å².